The summed E-state index contributed by atoms with van der Waals surface area (Å²) >= 11 is 1.71. The molecule has 0 fully saturated rings. The summed E-state index contributed by atoms with van der Waals surface area (Å²) in [6.45, 7) is 7.96. The van der Waals surface area contributed by atoms with Crippen molar-refractivity contribution >= 4 is 17.6 Å². The number of hydrogen-bond acceptors (Lipinski definition) is 6. The van der Waals surface area contributed by atoms with Gasteiger partial charge in [-0.05, 0) is 13.1 Å². The van der Waals surface area contributed by atoms with Gasteiger partial charge in [-0.1, -0.05) is 13.8 Å². The van der Waals surface area contributed by atoms with E-state index in [-0.39, 0.29) is 0 Å². The number of nitrogen functional groups attached to an aromatic ring is 1. The summed E-state index contributed by atoms with van der Waals surface area (Å²) in [5, 5.41) is 0.918. The molecule has 0 atom stereocenters. The Labute approximate surface area is 113 Å². The first-order valence-electron chi connectivity index (χ1n) is 6.17. The zero-order chi connectivity index (χ0) is 13.4. The van der Waals surface area contributed by atoms with Gasteiger partial charge in [0.05, 0.1) is 0 Å². The molecule has 0 saturated carbocycles. The molecule has 0 aliphatic carbocycles. The fourth-order valence-electron chi connectivity index (χ4n) is 1.58. The fraction of sp³-hybridized carbons (Fsp3) is 0.667. The van der Waals surface area contributed by atoms with Crippen molar-refractivity contribution in [1.29, 1.82) is 0 Å². The van der Waals surface area contributed by atoms with E-state index in [1.54, 1.807) is 18.9 Å². The minimum absolute atomic E-state index is 0.397. The van der Waals surface area contributed by atoms with Crippen molar-refractivity contribution in [2.24, 2.45) is 0 Å². The molecule has 1 heterocycles. The zero-order valence-corrected chi connectivity index (χ0v) is 12.2. The van der Waals surface area contributed by atoms with Crippen LogP contribution in [0.4, 0.5) is 5.82 Å². The van der Waals surface area contributed by atoms with E-state index in [1.807, 2.05) is 6.07 Å². The summed E-state index contributed by atoms with van der Waals surface area (Å²) in [6.07, 6.45) is 0. The second kappa shape index (κ2) is 8.29. The predicted molar refractivity (Wildman–Crippen MR) is 75.7 cm³/mol. The van der Waals surface area contributed by atoms with Crippen LogP contribution in [0.25, 0.3) is 0 Å². The van der Waals surface area contributed by atoms with Crippen molar-refractivity contribution in [2.45, 2.75) is 25.5 Å². The molecule has 1 rings (SSSR count). The normalized spacial score (nSPS) is 11.1. The number of rotatable bonds is 8. The number of ether oxygens (including phenoxy) is 1. The highest BCUT2D eigenvalue weighted by atomic mass is 32.2. The molecular formula is C12H22N4OS. The third-order valence-corrected chi connectivity index (χ3v) is 3.49. The summed E-state index contributed by atoms with van der Waals surface area (Å²) < 4.78 is 5.02. The molecule has 6 heteroatoms. The third-order valence-electron chi connectivity index (χ3n) is 2.59. The van der Waals surface area contributed by atoms with Gasteiger partial charge in [0, 0.05) is 25.5 Å². The Kier molecular flexibility index (Phi) is 7.00. The molecule has 18 heavy (non-hydrogen) atoms. The molecule has 0 radical (unpaired) electrons. The van der Waals surface area contributed by atoms with Crippen molar-refractivity contribution in [2.75, 3.05) is 38.2 Å². The molecule has 2 N–H and O–H groups in total. The number of methoxy groups -OCH3 is 1. The average Bonchev–Trinajstić information content (AvgIpc) is 2.34. The van der Waals surface area contributed by atoms with Crippen molar-refractivity contribution in [3.8, 4) is 0 Å². The first-order valence-corrected chi connectivity index (χ1v) is 7.15. The van der Waals surface area contributed by atoms with Crippen LogP contribution < -0.4 is 5.73 Å². The van der Waals surface area contributed by atoms with Gasteiger partial charge in [-0.15, -0.1) is 11.8 Å². The molecule has 0 amide bonds. The SMILES string of the molecule is CCN(CC)CCSc1cc(N)nc(COC)n1. The molecular weight excluding hydrogens is 248 g/mol. The number of hydrogen-bond donors (Lipinski definition) is 1. The lowest BCUT2D eigenvalue weighted by molar-refractivity contribution is 0.177. The van der Waals surface area contributed by atoms with E-state index >= 15 is 0 Å². The lowest BCUT2D eigenvalue weighted by atomic mass is 10.5. The second-order valence-corrected chi connectivity index (χ2v) is 4.97. The van der Waals surface area contributed by atoms with Crippen molar-refractivity contribution < 1.29 is 4.74 Å². The van der Waals surface area contributed by atoms with Crippen LogP contribution in [0.2, 0.25) is 0 Å². The number of aromatic nitrogens is 2. The molecule has 0 aliphatic rings. The maximum atomic E-state index is 5.74. The Hall–Kier alpha value is -0.850. The highest BCUT2D eigenvalue weighted by molar-refractivity contribution is 7.99. The van der Waals surface area contributed by atoms with Gasteiger partial charge in [0.1, 0.15) is 17.5 Å². The van der Waals surface area contributed by atoms with Crippen LogP contribution in [0.3, 0.4) is 0 Å². The van der Waals surface area contributed by atoms with E-state index in [4.69, 9.17) is 10.5 Å². The van der Waals surface area contributed by atoms with Crippen LogP contribution in [0.15, 0.2) is 11.1 Å². The second-order valence-electron chi connectivity index (χ2n) is 3.86. The molecule has 0 unspecified atom stereocenters. The summed E-state index contributed by atoms with van der Waals surface area (Å²) in [6, 6.07) is 1.81. The van der Waals surface area contributed by atoms with Crippen LogP contribution in [-0.4, -0.2) is 47.4 Å². The molecule has 0 aliphatic heterocycles. The molecule has 102 valence electrons. The van der Waals surface area contributed by atoms with Crippen molar-refractivity contribution in [3.05, 3.63) is 11.9 Å². The number of nitrogens with two attached hydrogens (primary N) is 1. The highest BCUT2D eigenvalue weighted by Gasteiger charge is 2.04. The molecule has 0 spiro atoms. The van der Waals surface area contributed by atoms with Gasteiger partial charge in [0.15, 0.2) is 5.82 Å². The Morgan fingerprint density at radius 2 is 2.06 bits per heavy atom. The maximum Gasteiger partial charge on any atom is 0.157 e. The van der Waals surface area contributed by atoms with Gasteiger partial charge in [-0.2, -0.15) is 0 Å². The summed E-state index contributed by atoms with van der Waals surface area (Å²) in [5.74, 6) is 2.15. The maximum absolute atomic E-state index is 5.74. The largest absolute Gasteiger partial charge is 0.384 e. The van der Waals surface area contributed by atoms with E-state index in [1.165, 1.54) is 0 Å². The number of nitrogens with zero attached hydrogens (tertiary/aromatic N) is 3. The first kappa shape index (κ1) is 15.2. The van der Waals surface area contributed by atoms with Gasteiger partial charge in [-0.25, -0.2) is 9.97 Å². The van der Waals surface area contributed by atoms with Crippen molar-refractivity contribution in [1.82, 2.24) is 14.9 Å². The van der Waals surface area contributed by atoms with Gasteiger partial charge in [0.2, 0.25) is 0 Å². The molecule has 0 bridgehead atoms. The van der Waals surface area contributed by atoms with E-state index in [9.17, 15) is 0 Å². The van der Waals surface area contributed by atoms with E-state index in [0.29, 0.717) is 18.2 Å². The van der Waals surface area contributed by atoms with Gasteiger partial charge in [0.25, 0.3) is 0 Å². The Bertz CT molecular complexity index is 358. The average molecular weight is 270 g/mol. The minimum atomic E-state index is 0.397. The highest BCUT2D eigenvalue weighted by Crippen LogP contribution is 2.17. The lowest BCUT2D eigenvalue weighted by Crippen LogP contribution is -2.25. The van der Waals surface area contributed by atoms with Crippen LogP contribution >= 0.6 is 11.8 Å². The standard InChI is InChI=1S/C12H22N4OS/c1-4-16(5-2)6-7-18-12-8-10(13)14-11(15-12)9-17-3/h8H,4-7,9H2,1-3H3,(H2,13,14,15). The molecule has 0 aromatic carbocycles. The van der Waals surface area contributed by atoms with Gasteiger partial charge >= 0.3 is 0 Å². The van der Waals surface area contributed by atoms with E-state index in [0.717, 1.165) is 30.4 Å². The number of anilines is 1. The summed E-state index contributed by atoms with van der Waals surface area (Å²) in [5.41, 5.74) is 5.74. The predicted octanol–water partition coefficient (Wildman–Crippen LogP) is 1.64. The molecule has 1 aromatic rings. The fourth-order valence-corrected chi connectivity index (χ4v) is 2.51. The third kappa shape index (κ3) is 5.20. The molecule has 1 aromatic heterocycles. The zero-order valence-electron chi connectivity index (χ0n) is 11.3. The first-order chi connectivity index (χ1) is 8.69. The number of thioether (sulfide) groups is 1. The molecule has 5 nitrogen and oxygen atoms in total. The minimum Gasteiger partial charge on any atom is -0.384 e. The quantitative estimate of drug-likeness (QED) is 0.572. The van der Waals surface area contributed by atoms with E-state index < -0.39 is 0 Å². The van der Waals surface area contributed by atoms with Crippen LogP contribution in [0.1, 0.15) is 19.7 Å². The summed E-state index contributed by atoms with van der Waals surface area (Å²) in [7, 11) is 1.62. The molecule has 0 saturated heterocycles. The van der Waals surface area contributed by atoms with Crippen LogP contribution in [0, 0.1) is 0 Å². The van der Waals surface area contributed by atoms with E-state index in [2.05, 4.69) is 28.7 Å². The monoisotopic (exact) mass is 270 g/mol. The lowest BCUT2D eigenvalue weighted by Gasteiger charge is -2.17. The Morgan fingerprint density at radius 3 is 2.67 bits per heavy atom. The Balaban J connectivity index is 2.51. The van der Waals surface area contributed by atoms with Crippen LogP contribution in [-0.2, 0) is 11.3 Å². The Morgan fingerprint density at radius 1 is 1.33 bits per heavy atom. The topological polar surface area (TPSA) is 64.3 Å². The summed E-state index contributed by atoms with van der Waals surface area (Å²) in [4.78, 5) is 10.9. The van der Waals surface area contributed by atoms with Crippen LogP contribution in [0.5, 0.6) is 0 Å². The van der Waals surface area contributed by atoms with Gasteiger partial charge < -0.3 is 15.4 Å². The van der Waals surface area contributed by atoms with Crippen molar-refractivity contribution in [3.63, 3.8) is 0 Å². The smallest absolute Gasteiger partial charge is 0.157 e. The van der Waals surface area contributed by atoms with Gasteiger partial charge in [-0.3, -0.25) is 0 Å².